The Hall–Kier alpha value is -3.61. The first-order chi connectivity index (χ1) is 14.5. The Bertz CT molecular complexity index is 1130. The lowest BCUT2D eigenvalue weighted by atomic mass is 10.0. The zero-order valence-electron chi connectivity index (χ0n) is 16.5. The van der Waals surface area contributed by atoms with Crippen LogP contribution in [0.1, 0.15) is 55.7 Å². The summed E-state index contributed by atoms with van der Waals surface area (Å²) in [5.41, 5.74) is 9.10. The summed E-state index contributed by atoms with van der Waals surface area (Å²) < 4.78 is 13.7. The highest BCUT2D eigenvalue weighted by atomic mass is 19.1. The van der Waals surface area contributed by atoms with E-state index < -0.39 is 5.91 Å². The fraction of sp³-hybridized carbons (Fsp3) is 0.217. The quantitative estimate of drug-likeness (QED) is 0.706. The van der Waals surface area contributed by atoms with Crippen molar-refractivity contribution in [3.63, 3.8) is 0 Å². The van der Waals surface area contributed by atoms with E-state index in [4.69, 9.17) is 5.73 Å². The van der Waals surface area contributed by atoms with Crippen molar-refractivity contribution in [2.75, 3.05) is 0 Å². The van der Waals surface area contributed by atoms with Crippen LogP contribution in [-0.4, -0.2) is 26.7 Å². The van der Waals surface area contributed by atoms with Crippen LogP contribution in [0.5, 0.6) is 0 Å². The first-order valence-electron chi connectivity index (χ1n) is 9.70. The minimum Gasteiger partial charge on any atom is -0.364 e. The average Bonchev–Trinajstić information content (AvgIpc) is 3.14. The van der Waals surface area contributed by atoms with E-state index in [0.717, 1.165) is 11.1 Å². The zero-order valence-corrected chi connectivity index (χ0v) is 16.5. The van der Waals surface area contributed by atoms with Gasteiger partial charge in [0.1, 0.15) is 11.5 Å². The number of benzene rings is 1. The van der Waals surface area contributed by atoms with E-state index in [2.05, 4.69) is 9.97 Å². The van der Waals surface area contributed by atoms with Gasteiger partial charge in [0.15, 0.2) is 0 Å². The topological polar surface area (TPSA) is 89.2 Å². The first-order valence-corrected chi connectivity index (χ1v) is 9.70. The van der Waals surface area contributed by atoms with Gasteiger partial charge in [-0.15, -0.1) is 0 Å². The molecule has 2 amide bonds. The Kier molecular flexibility index (Phi) is 5.27. The molecule has 2 N–H and O–H groups in total. The van der Waals surface area contributed by atoms with Gasteiger partial charge in [-0.2, -0.15) is 0 Å². The summed E-state index contributed by atoms with van der Waals surface area (Å²) in [6, 6.07) is 11.3. The monoisotopic (exact) mass is 404 g/mol. The Morgan fingerprint density at radius 1 is 1.17 bits per heavy atom. The Morgan fingerprint density at radius 3 is 2.70 bits per heavy atom. The fourth-order valence-corrected chi connectivity index (χ4v) is 4.05. The van der Waals surface area contributed by atoms with Crippen molar-refractivity contribution in [2.24, 2.45) is 5.73 Å². The number of hydrogen-bond donors (Lipinski definition) is 1. The number of carbonyl (C=O) groups is 2. The smallest absolute Gasteiger partial charge is 0.267 e. The predicted octanol–water partition coefficient (Wildman–Crippen LogP) is 3.35. The first kappa shape index (κ1) is 19.7. The summed E-state index contributed by atoms with van der Waals surface area (Å²) in [7, 11) is 0. The zero-order chi connectivity index (χ0) is 21.3. The molecule has 0 spiro atoms. The molecule has 2 aromatic heterocycles. The van der Waals surface area contributed by atoms with Crippen LogP contribution >= 0.6 is 0 Å². The number of nitrogens with zero attached hydrogens (tertiary/aromatic N) is 3. The van der Waals surface area contributed by atoms with E-state index in [0.29, 0.717) is 29.7 Å². The molecule has 30 heavy (non-hydrogen) atoms. The molecule has 2 heterocycles. The standard InChI is InChI=1S/C23H21FN4O2/c1-14-18(5-3-10-26-14)23(30)28(13-16-4-2-11-27-21(16)22(25)29)20-9-6-15-12-17(24)7-8-19(15)20/h2-5,7-8,10-12,20H,6,9,13H2,1H3,(H2,25,29)/t20-/m1/s1. The molecule has 1 atom stereocenters. The van der Waals surface area contributed by atoms with Crippen molar-refractivity contribution in [1.82, 2.24) is 14.9 Å². The second kappa shape index (κ2) is 8.02. The maximum atomic E-state index is 13.7. The van der Waals surface area contributed by atoms with Gasteiger partial charge in [-0.05, 0) is 61.2 Å². The average molecular weight is 404 g/mol. The lowest BCUT2D eigenvalue weighted by Crippen LogP contribution is -2.35. The Labute approximate surface area is 173 Å². The molecule has 4 rings (SSSR count). The molecular weight excluding hydrogens is 383 g/mol. The maximum Gasteiger partial charge on any atom is 0.267 e. The largest absolute Gasteiger partial charge is 0.364 e. The normalized spacial score (nSPS) is 14.9. The summed E-state index contributed by atoms with van der Waals surface area (Å²) in [6.45, 7) is 1.93. The number of rotatable bonds is 5. The van der Waals surface area contributed by atoms with E-state index in [1.165, 1.54) is 18.3 Å². The lowest BCUT2D eigenvalue weighted by molar-refractivity contribution is 0.0654. The molecular formula is C23H21FN4O2. The number of amides is 2. The molecule has 1 aliphatic carbocycles. The van der Waals surface area contributed by atoms with Gasteiger partial charge < -0.3 is 10.6 Å². The number of nitrogens with two attached hydrogens (primary N) is 1. The lowest BCUT2D eigenvalue weighted by Gasteiger charge is -2.31. The molecule has 1 aromatic carbocycles. The Morgan fingerprint density at radius 2 is 1.93 bits per heavy atom. The molecule has 3 aromatic rings. The van der Waals surface area contributed by atoms with Crippen LogP contribution in [0.2, 0.25) is 0 Å². The van der Waals surface area contributed by atoms with Crippen molar-refractivity contribution >= 4 is 11.8 Å². The number of carbonyl (C=O) groups excluding carboxylic acids is 2. The minimum atomic E-state index is -0.649. The van der Waals surface area contributed by atoms with Crippen molar-refractivity contribution in [3.05, 3.63) is 94.3 Å². The number of primary amides is 1. The van der Waals surface area contributed by atoms with Crippen molar-refractivity contribution in [2.45, 2.75) is 32.4 Å². The van der Waals surface area contributed by atoms with Gasteiger partial charge in [0.25, 0.3) is 11.8 Å². The molecule has 6 nitrogen and oxygen atoms in total. The summed E-state index contributed by atoms with van der Waals surface area (Å²) in [5, 5.41) is 0. The number of aryl methyl sites for hydroxylation is 2. The maximum absolute atomic E-state index is 13.7. The second-order valence-electron chi connectivity index (χ2n) is 7.34. The van der Waals surface area contributed by atoms with Crippen LogP contribution in [0.3, 0.4) is 0 Å². The Balaban J connectivity index is 1.78. The van der Waals surface area contributed by atoms with E-state index in [9.17, 15) is 14.0 Å². The number of pyridine rings is 2. The summed E-state index contributed by atoms with van der Waals surface area (Å²) in [5.74, 6) is -1.15. The summed E-state index contributed by atoms with van der Waals surface area (Å²) >= 11 is 0. The number of halogens is 1. The van der Waals surface area contributed by atoms with Gasteiger partial charge in [-0.1, -0.05) is 12.1 Å². The van der Waals surface area contributed by atoms with E-state index >= 15 is 0 Å². The predicted molar refractivity (Wildman–Crippen MR) is 109 cm³/mol. The molecule has 1 aliphatic rings. The SMILES string of the molecule is Cc1ncccc1C(=O)N(Cc1cccnc1C(N)=O)[C@@H]1CCc2cc(F)ccc21. The van der Waals surface area contributed by atoms with E-state index in [1.807, 2.05) is 0 Å². The third kappa shape index (κ3) is 3.66. The van der Waals surface area contributed by atoms with Crippen LogP contribution in [0.25, 0.3) is 0 Å². The van der Waals surface area contributed by atoms with Gasteiger partial charge in [0.2, 0.25) is 0 Å². The van der Waals surface area contributed by atoms with Crippen molar-refractivity contribution in [1.29, 1.82) is 0 Å². The van der Waals surface area contributed by atoms with Gasteiger partial charge in [0.05, 0.1) is 11.6 Å². The minimum absolute atomic E-state index is 0.135. The molecule has 0 aliphatic heterocycles. The molecule has 0 unspecified atom stereocenters. The molecule has 0 bridgehead atoms. The third-order valence-corrected chi connectivity index (χ3v) is 5.49. The number of fused-ring (bicyclic) bond motifs is 1. The van der Waals surface area contributed by atoms with Gasteiger partial charge >= 0.3 is 0 Å². The highest BCUT2D eigenvalue weighted by Crippen LogP contribution is 2.38. The molecule has 0 fully saturated rings. The van der Waals surface area contributed by atoms with Crippen molar-refractivity contribution in [3.8, 4) is 0 Å². The second-order valence-corrected chi connectivity index (χ2v) is 7.34. The summed E-state index contributed by atoms with van der Waals surface area (Å²) in [4.78, 5) is 35.5. The molecule has 0 radical (unpaired) electrons. The highest BCUT2D eigenvalue weighted by Gasteiger charge is 2.33. The summed E-state index contributed by atoms with van der Waals surface area (Å²) in [6.07, 6.45) is 4.46. The highest BCUT2D eigenvalue weighted by molar-refractivity contribution is 5.96. The van der Waals surface area contributed by atoms with Gasteiger partial charge in [-0.25, -0.2) is 4.39 Å². The number of hydrogen-bond acceptors (Lipinski definition) is 4. The van der Waals surface area contributed by atoms with Crippen LogP contribution in [-0.2, 0) is 13.0 Å². The number of aromatic nitrogens is 2. The van der Waals surface area contributed by atoms with Crippen LogP contribution in [0, 0.1) is 12.7 Å². The van der Waals surface area contributed by atoms with Gasteiger partial charge in [0, 0.05) is 30.2 Å². The molecule has 7 heteroatoms. The van der Waals surface area contributed by atoms with Crippen LogP contribution in [0.4, 0.5) is 4.39 Å². The van der Waals surface area contributed by atoms with Crippen LogP contribution < -0.4 is 5.73 Å². The third-order valence-electron chi connectivity index (χ3n) is 5.49. The fourth-order valence-electron chi connectivity index (χ4n) is 4.05. The van der Waals surface area contributed by atoms with Crippen LogP contribution in [0.15, 0.2) is 54.9 Å². The molecule has 152 valence electrons. The molecule has 0 saturated heterocycles. The van der Waals surface area contributed by atoms with E-state index in [-0.39, 0.29) is 30.0 Å². The van der Waals surface area contributed by atoms with Crippen molar-refractivity contribution < 1.29 is 14.0 Å². The van der Waals surface area contributed by atoms with Gasteiger partial charge in [-0.3, -0.25) is 19.6 Å². The molecule has 0 saturated carbocycles. The van der Waals surface area contributed by atoms with E-state index in [1.54, 1.807) is 48.4 Å².